The Morgan fingerprint density at radius 1 is 1.23 bits per heavy atom. The molecule has 158 valence electrons. The maximum Gasteiger partial charge on any atom is 0.295 e. The summed E-state index contributed by atoms with van der Waals surface area (Å²) in [6.07, 6.45) is 3.14. The summed E-state index contributed by atoms with van der Waals surface area (Å²) < 4.78 is 10.8. The summed E-state index contributed by atoms with van der Waals surface area (Å²) in [5.74, 6) is -1.39. The molecule has 0 radical (unpaired) electrons. The number of aliphatic hydroxyl groups excluding tert-OH is 1. The molecule has 30 heavy (non-hydrogen) atoms. The zero-order chi connectivity index (χ0) is 21.8. The van der Waals surface area contributed by atoms with Crippen LogP contribution in [0.4, 0.5) is 0 Å². The molecule has 0 spiro atoms. The average Bonchev–Trinajstić information content (AvgIpc) is 2.99. The SMILES string of the molecule is COc1cc(/C(O)=C2/C(=O)C(=O)N(CCOC(C)C)C2c2ccncc2)ccc1Cl. The van der Waals surface area contributed by atoms with Crippen molar-refractivity contribution in [1.29, 1.82) is 0 Å². The van der Waals surface area contributed by atoms with Gasteiger partial charge in [-0.25, -0.2) is 0 Å². The van der Waals surface area contributed by atoms with Crippen LogP contribution in [-0.2, 0) is 14.3 Å². The first-order chi connectivity index (χ1) is 14.3. The van der Waals surface area contributed by atoms with E-state index in [0.29, 0.717) is 21.9 Å². The summed E-state index contributed by atoms with van der Waals surface area (Å²) in [6.45, 7) is 4.25. The van der Waals surface area contributed by atoms with E-state index in [-0.39, 0.29) is 30.6 Å². The van der Waals surface area contributed by atoms with Gasteiger partial charge in [-0.05, 0) is 49.7 Å². The topological polar surface area (TPSA) is 89.0 Å². The maximum atomic E-state index is 12.9. The van der Waals surface area contributed by atoms with Gasteiger partial charge in [-0.15, -0.1) is 0 Å². The Balaban J connectivity index is 2.09. The van der Waals surface area contributed by atoms with Gasteiger partial charge in [0.2, 0.25) is 0 Å². The van der Waals surface area contributed by atoms with E-state index in [1.54, 1.807) is 36.7 Å². The van der Waals surface area contributed by atoms with Gasteiger partial charge in [-0.2, -0.15) is 0 Å². The average molecular weight is 431 g/mol. The third kappa shape index (κ3) is 4.32. The number of Topliss-reactive ketones (excluding diaryl/α,β-unsaturated/α-hetero) is 1. The number of hydrogen-bond acceptors (Lipinski definition) is 6. The molecular formula is C22H23ClN2O5. The molecule has 8 heteroatoms. The Morgan fingerprint density at radius 2 is 1.93 bits per heavy atom. The van der Waals surface area contributed by atoms with Crippen LogP contribution < -0.4 is 4.74 Å². The summed E-state index contributed by atoms with van der Waals surface area (Å²) in [4.78, 5) is 31.1. The highest BCUT2D eigenvalue weighted by atomic mass is 35.5. The maximum absolute atomic E-state index is 12.9. The molecule has 1 aliphatic rings. The van der Waals surface area contributed by atoms with E-state index < -0.39 is 17.7 Å². The molecule has 7 nitrogen and oxygen atoms in total. The van der Waals surface area contributed by atoms with Gasteiger partial charge in [0.15, 0.2) is 0 Å². The number of aliphatic hydroxyl groups is 1. The first-order valence-electron chi connectivity index (χ1n) is 9.49. The van der Waals surface area contributed by atoms with Gasteiger partial charge >= 0.3 is 0 Å². The van der Waals surface area contributed by atoms with Crippen LogP contribution in [0.2, 0.25) is 5.02 Å². The predicted octanol–water partition coefficient (Wildman–Crippen LogP) is 3.59. The highest BCUT2D eigenvalue weighted by Gasteiger charge is 2.45. The number of pyridine rings is 1. The molecule has 1 saturated heterocycles. The summed E-state index contributed by atoms with van der Waals surface area (Å²) in [6, 6.07) is 7.31. The van der Waals surface area contributed by atoms with Crippen LogP contribution in [-0.4, -0.2) is 53.0 Å². The minimum Gasteiger partial charge on any atom is -0.507 e. The fourth-order valence-corrected chi connectivity index (χ4v) is 3.55. The number of nitrogens with zero attached hydrogens (tertiary/aromatic N) is 2. The number of likely N-dealkylation sites (tertiary alicyclic amines) is 1. The van der Waals surface area contributed by atoms with Gasteiger partial charge in [0.05, 0.1) is 36.5 Å². The number of amides is 1. The predicted molar refractivity (Wildman–Crippen MR) is 112 cm³/mol. The third-order valence-corrected chi connectivity index (χ3v) is 5.08. The summed E-state index contributed by atoms with van der Waals surface area (Å²) in [5, 5.41) is 11.4. The number of benzene rings is 1. The lowest BCUT2D eigenvalue weighted by Gasteiger charge is -2.25. The molecule has 2 heterocycles. The zero-order valence-electron chi connectivity index (χ0n) is 17.0. The number of ether oxygens (including phenoxy) is 2. The monoisotopic (exact) mass is 430 g/mol. The first-order valence-corrected chi connectivity index (χ1v) is 9.86. The molecule has 1 N–H and O–H groups in total. The molecule has 1 aromatic heterocycles. The second-order valence-corrected chi connectivity index (χ2v) is 7.45. The lowest BCUT2D eigenvalue weighted by atomic mass is 9.96. The largest absolute Gasteiger partial charge is 0.507 e. The van der Waals surface area contributed by atoms with Crippen molar-refractivity contribution in [2.24, 2.45) is 0 Å². The summed E-state index contributed by atoms with van der Waals surface area (Å²) >= 11 is 6.07. The highest BCUT2D eigenvalue weighted by Crippen LogP contribution is 2.40. The summed E-state index contributed by atoms with van der Waals surface area (Å²) in [7, 11) is 1.45. The molecular weight excluding hydrogens is 408 g/mol. The number of carbonyl (C=O) groups excluding carboxylic acids is 2. The van der Waals surface area contributed by atoms with Gasteiger partial charge in [0, 0.05) is 24.5 Å². The molecule has 3 rings (SSSR count). The molecule has 0 aliphatic carbocycles. The van der Waals surface area contributed by atoms with E-state index in [4.69, 9.17) is 21.1 Å². The van der Waals surface area contributed by atoms with Crippen LogP contribution in [0.1, 0.15) is 31.0 Å². The Kier molecular flexibility index (Phi) is 6.74. The van der Waals surface area contributed by atoms with Crippen molar-refractivity contribution < 1.29 is 24.2 Å². The Bertz CT molecular complexity index is 975. The highest BCUT2D eigenvalue weighted by molar-refractivity contribution is 6.46. The van der Waals surface area contributed by atoms with Gasteiger partial charge in [0.25, 0.3) is 11.7 Å². The zero-order valence-corrected chi connectivity index (χ0v) is 17.7. The number of carbonyl (C=O) groups is 2. The second kappa shape index (κ2) is 9.28. The number of rotatable bonds is 7. The molecule has 1 fully saturated rings. The fourth-order valence-electron chi connectivity index (χ4n) is 3.35. The lowest BCUT2D eigenvalue weighted by molar-refractivity contribution is -0.140. The number of ketones is 1. The van der Waals surface area contributed by atoms with Crippen molar-refractivity contribution in [1.82, 2.24) is 9.88 Å². The minimum atomic E-state index is -0.759. The van der Waals surface area contributed by atoms with Gasteiger partial charge in [-0.1, -0.05) is 11.6 Å². The van der Waals surface area contributed by atoms with Crippen molar-refractivity contribution in [3.8, 4) is 5.75 Å². The number of methoxy groups -OCH3 is 1. The van der Waals surface area contributed by atoms with Crippen molar-refractivity contribution in [3.63, 3.8) is 0 Å². The standard InChI is InChI=1S/C22H23ClN2O5/c1-13(2)30-11-10-25-19(14-6-8-24-9-7-14)18(21(27)22(25)28)20(26)15-4-5-16(23)17(12-15)29-3/h4-9,12-13,19,26H,10-11H2,1-3H3/b20-18-. The van der Waals surface area contributed by atoms with E-state index >= 15 is 0 Å². The molecule has 1 aromatic carbocycles. The van der Waals surface area contributed by atoms with Crippen LogP contribution in [0.5, 0.6) is 5.75 Å². The second-order valence-electron chi connectivity index (χ2n) is 7.04. The van der Waals surface area contributed by atoms with E-state index in [2.05, 4.69) is 4.98 Å². The molecule has 0 saturated carbocycles. The van der Waals surface area contributed by atoms with Crippen LogP contribution in [0.3, 0.4) is 0 Å². The third-order valence-electron chi connectivity index (χ3n) is 4.77. The normalized spacial score (nSPS) is 18.3. The lowest BCUT2D eigenvalue weighted by Crippen LogP contribution is -2.33. The molecule has 1 unspecified atom stereocenters. The number of aromatic nitrogens is 1. The van der Waals surface area contributed by atoms with Gasteiger partial charge in [0.1, 0.15) is 11.5 Å². The van der Waals surface area contributed by atoms with E-state index in [9.17, 15) is 14.7 Å². The van der Waals surface area contributed by atoms with Gasteiger partial charge < -0.3 is 19.5 Å². The fraction of sp³-hybridized carbons (Fsp3) is 0.318. The summed E-state index contributed by atoms with van der Waals surface area (Å²) in [5.41, 5.74) is 0.989. The molecule has 0 bridgehead atoms. The van der Waals surface area contributed by atoms with Crippen molar-refractivity contribution in [2.75, 3.05) is 20.3 Å². The van der Waals surface area contributed by atoms with E-state index in [1.807, 2.05) is 13.8 Å². The van der Waals surface area contributed by atoms with Crippen LogP contribution in [0.15, 0.2) is 48.3 Å². The van der Waals surface area contributed by atoms with Crippen molar-refractivity contribution in [2.45, 2.75) is 26.0 Å². The molecule has 2 aromatic rings. The van der Waals surface area contributed by atoms with Crippen molar-refractivity contribution >= 4 is 29.1 Å². The Morgan fingerprint density at radius 3 is 2.57 bits per heavy atom. The minimum absolute atomic E-state index is 0.000113. The molecule has 1 atom stereocenters. The smallest absolute Gasteiger partial charge is 0.295 e. The number of halogens is 1. The van der Waals surface area contributed by atoms with Crippen molar-refractivity contribution in [3.05, 3.63) is 64.4 Å². The first kappa shape index (κ1) is 21.8. The van der Waals surface area contributed by atoms with Gasteiger partial charge in [-0.3, -0.25) is 14.6 Å². The van der Waals surface area contributed by atoms with Crippen LogP contribution in [0.25, 0.3) is 5.76 Å². The van der Waals surface area contributed by atoms with Crippen LogP contribution in [0, 0.1) is 0 Å². The number of hydrogen-bond donors (Lipinski definition) is 1. The Labute approximate surface area is 179 Å². The van der Waals surface area contributed by atoms with Crippen LogP contribution >= 0.6 is 11.6 Å². The molecule has 1 amide bonds. The van der Waals surface area contributed by atoms with E-state index in [1.165, 1.54) is 18.1 Å². The van der Waals surface area contributed by atoms with E-state index in [0.717, 1.165) is 0 Å². The Hall–Kier alpha value is -2.90. The quantitative estimate of drug-likeness (QED) is 0.410. The molecule has 1 aliphatic heterocycles.